The van der Waals surface area contributed by atoms with E-state index in [9.17, 15) is 18.4 Å². The average Bonchev–Trinajstić information content (AvgIpc) is 2.29. The molecule has 19 heavy (non-hydrogen) atoms. The van der Waals surface area contributed by atoms with E-state index in [4.69, 9.17) is 5.11 Å². The molecule has 0 bridgehead atoms. The molecule has 0 aliphatic heterocycles. The van der Waals surface area contributed by atoms with Crippen molar-refractivity contribution in [2.75, 3.05) is 0 Å². The number of rotatable bonds is 6. The molecule has 104 valence electrons. The highest BCUT2D eigenvalue weighted by atomic mass is 79.9. The normalized spacial score (nSPS) is 12.3. The first-order valence-corrected chi connectivity index (χ1v) is 6.17. The minimum atomic E-state index is -3.06. The monoisotopic (exact) mass is 336 g/mol. The van der Waals surface area contributed by atoms with Crippen LogP contribution in [0.2, 0.25) is 0 Å². The highest BCUT2D eigenvalue weighted by Crippen LogP contribution is 2.33. The van der Waals surface area contributed by atoms with Crippen LogP contribution in [0.4, 0.5) is 8.78 Å². The number of Topliss-reactive ketones (excluding diaryl/α,β-unsaturated/α-hetero) is 1. The van der Waals surface area contributed by atoms with E-state index < -0.39 is 23.8 Å². The highest BCUT2D eigenvalue weighted by Gasteiger charge is 2.22. The summed E-state index contributed by atoms with van der Waals surface area (Å²) in [5.74, 6) is -1.70. The van der Waals surface area contributed by atoms with Gasteiger partial charge in [-0.2, -0.15) is 8.78 Å². The fraction of sp³-hybridized carbons (Fsp3) is 0.333. The van der Waals surface area contributed by atoms with E-state index in [-0.39, 0.29) is 17.1 Å². The minimum absolute atomic E-state index is 0.0624. The van der Waals surface area contributed by atoms with Crippen LogP contribution in [0.25, 0.3) is 0 Å². The Hall–Kier alpha value is -1.50. The van der Waals surface area contributed by atoms with E-state index in [0.717, 1.165) is 0 Å². The van der Waals surface area contributed by atoms with Gasteiger partial charge in [0.2, 0.25) is 0 Å². The SMILES string of the molecule is CC(=O)C(Br)c1cccc(OC(F)F)c1CC(=O)O. The van der Waals surface area contributed by atoms with Crippen molar-refractivity contribution in [2.45, 2.75) is 24.8 Å². The van der Waals surface area contributed by atoms with E-state index in [1.54, 1.807) is 0 Å². The number of hydrogen-bond donors (Lipinski definition) is 1. The van der Waals surface area contributed by atoms with Crippen molar-refractivity contribution in [1.82, 2.24) is 0 Å². The zero-order valence-electron chi connectivity index (χ0n) is 9.90. The van der Waals surface area contributed by atoms with Crippen LogP contribution in [-0.2, 0) is 16.0 Å². The van der Waals surface area contributed by atoms with Gasteiger partial charge in [-0.15, -0.1) is 0 Å². The fourth-order valence-electron chi connectivity index (χ4n) is 1.59. The van der Waals surface area contributed by atoms with Crippen molar-refractivity contribution in [1.29, 1.82) is 0 Å². The first-order valence-electron chi connectivity index (χ1n) is 5.25. The van der Waals surface area contributed by atoms with Crippen molar-refractivity contribution < 1.29 is 28.2 Å². The molecule has 0 aromatic heterocycles. The van der Waals surface area contributed by atoms with E-state index in [2.05, 4.69) is 20.7 Å². The van der Waals surface area contributed by atoms with Gasteiger partial charge >= 0.3 is 12.6 Å². The maximum atomic E-state index is 12.3. The third kappa shape index (κ3) is 4.27. The molecule has 1 aromatic carbocycles. The molecule has 1 N–H and O–H groups in total. The molecule has 0 saturated carbocycles. The van der Waals surface area contributed by atoms with Crippen LogP contribution in [0.3, 0.4) is 0 Å². The molecule has 4 nitrogen and oxygen atoms in total. The summed E-state index contributed by atoms with van der Waals surface area (Å²) < 4.78 is 28.9. The maximum absolute atomic E-state index is 12.3. The van der Waals surface area contributed by atoms with Gasteiger partial charge < -0.3 is 9.84 Å². The Morgan fingerprint density at radius 2 is 2.05 bits per heavy atom. The summed E-state index contributed by atoms with van der Waals surface area (Å²) in [7, 11) is 0. The van der Waals surface area contributed by atoms with Gasteiger partial charge in [-0.05, 0) is 18.6 Å². The number of alkyl halides is 3. The summed E-state index contributed by atoms with van der Waals surface area (Å²) in [4.78, 5) is 21.4. The van der Waals surface area contributed by atoms with E-state index >= 15 is 0 Å². The van der Waals surface area contributed by atoms with Crippen molar-refractivity contribution in [3.63, 3.8) is 0 Å². The lowest BCUT2D eigenvalue weighted by Crippen LogP contribution is -2.12. The smallest absolute Gasteiger partial charge is 0.387 e. The zero-order valence-corrected chi connectivity index (χ0v) is 11.5. The summed E-state index contributed by atoms with van der Waals surface area (Å²) in [5.41, 5.74) is 0.375. The van der Waals surface area contributed by atoms with Crippen molar-refractivity contribution in [3.8, 4) is 5.75 Å². The van der Waals surface area contributed by atoms with Gasteiger partial charge in [0.15, 0.2) is 0 Å². The number of aliphatic carboxylic acids is 1. The van der Waals surface area contributed by atoms with Crippen LogP contribution < -0.4 is 4.74 Å². The van der Waals surface area contributed by atoms with Crippen LogP contribution in [0, 0.1) is 0 Å². The summed E-state index contributed by atoms with van der Waals surface area (Å²) in [6.07, 6.45) is -0.506. The summed E-state index contributed by atoms with van der Waals surface area (Å²) in [6.45, 7) is -1.75. The van der Waals surface area contributed by atoms with Crippen LogP contribution >= 0.6 is 15.9 Å². The first-order chi connectivity index (χ1) is 8.82. The number of halogens is 3. The number of carboxylic acid groups (broad SMARTS) is 1. The number of ketones is 1. The summed E-state index contributed by atoms with van der Waals surface area (Å²) in [6, 6.07) is 4.17. The second kappa shape index (κ2) is 6.60. The molecular formula is C12H11BrF2O4. The second-order valence-electron chi connectivity index (χ2n) is 3.75. The number of carboxylic acids is 1. The zero-order chi connectivity index (χ0) is 14.6. The van der Waals surface area contributed by atoms with Gasteiger partial charge in [-0.1, -0.05) is 28.1 Å². The molecule has 0 aliphatic rings. The van der Waals surface area contributed by atoms with Gasteiger partial charge in [0.05, 0.1) is 11.2 Å². The molecule has 0 radical (unpaired) electrons. The largest absolute Gasteiger partial charge is 0.481 e. The third-order valence-electron chi connectivity index (χ3n) is 2.34. The van der Waals surface area contributed by atoms with Crippen molar-refractivity contribution in [2.24, 2.45) is 0 Å². The maximum Gasteiger partial charge on any atom is 0.387 e. The van der Waals surface area contributed by atoms with Crippen LogP contribution in [0.1, 0.15) is 22.9 Å². The fourth-order valence-corrected chi connectivity index (χ4v) is 2.01. The van der Waals surface area contributed by atoms with Crippen LogP contribution in [-0.4, -0.2) is 23.5 Å². The Morgan fingerprint density at radius 1 is 1.42 bits per heavy atom. The topological polar surface area (TPSA) is 63.6 Å². The Morgan fingerprint density at radius 3 is 2.53 bits per heavy atom. The summed E-state index contributed by atoms with van der Waals surface area (Å²) >= 11 is 3.11. The molecule has 0 spiro atoms. The Kier molecular flexibility index (Phi) is 5.41. The van der Waals surface area contributed by atoms with Gasteiger partial charge in [0.1, 0.15) is 11.5 Å². The number of carbonyl (C=O) groups excluding carboxylic acids is 1. The Balaban J connectivity index is 3.28. The van der Waals surface area contributed by atoms with E-state index in [0.29, 0.717) is 5.56 Å². The van der Waals surface area contributed by atoms with E-state index in [1.807, 2.05) is 0 Å². The second-order valence-corrected chi connectivity index (χ2v) is 4.66. The lowest BCUT2D eigenvalue weighted by molar-refractivity contribution is -0.136. The predicted octanol–water partition coefficient (Wildman–Crippen LogP) is 2.94. The minimum Gasteiger partial charge on any atom is -0.481 e. The number of benzene rings is 1. The van der Waals surface area contributed by atoms with Gasteiger partial charge in [0.25, 0.3) is 0 Å². The molecule has 0 amide bonds. The van der Waals surface area contributed by atoms with Gasteiger partial charge in [-0.3, -0.25) is 9.59 Å². The molecule has 0 aliphatic carbocycles. The Labute approximate surface area is 116 Å². The Bertz CT molecular complexity index is 491. The molecule has 1 rings (SSSR count). The predicted molar refractivity (Wildman–Crippen MR) is 66.8 cm³/mol. The van der Waals surface area contributed by atoms with Crippen molar-refractivity contribution in [3.05, 3.63) is 29.3 Å². The lowest BCUT2D eigenvalue weighted by Gasteiger charge is -2.16. The van der Waals surface area contributed by atoms with Crippen LogP contribution in [0.5, 0.6) is 5.75 Å². The van der Waals surface area contributed by atoms with Crippen molar-refractivity contribution >= 4 is 27.7 Å². The number of carbonyl (C=O) groups is 2. The van der Waals surface area contributed by atoms with Gasteiger partial charge in [0, 0.05) is 5.56 Å². The third-order valence-corrected chi connectivity index (χ3v) is 3.48. The molecular weight excluding hydrogens is 326 g/mol. The number of hydrogen-bond acceptors (Lipinski definition) is 3. The molecule has 0 saturated heterocycles. The van der Waals surface area contributed by atoms with Gasteiger partial charge in [-0.25, -0.2) is 0 Å². The molecule has 1 unspecified atom stereocenters. The standard InChI is InChI=1S/C12H11BrF2O4/c1-6(16)11(13)7-3-2-4-9(19-12(14)15)8(7)5-10(17)18/h2-4,11-12H,5H2,1H3,(H,17,18). The first kappa shape index (κ1) is 15.6. The molecule has 0 heterocycles. The molecule has 0 fully saturated rings. The quantitative estimate of drug-likeness (QED) is 0.811. The van der Waals surface area contributed by atoms with E-state index in [1.165, 1.54) is 25.1 Å². The lowest BCUT2D eigenvalue weighted by atomic mass is 9.99. The molecule has 1 aromatic rings. The molecule has 7 heteroatoms. The number of ether oxygens (including phenoxy) is 1. The summed E-state index contributed by atoms with van der Waals surface area (Å²) in [5, 5.41) is 8.83. The average molecular weight is 337 g/mol. The van der Waals surface area contributed by atoms with Crippen LogP contribution in [0.15, 0.2) is 18.2 Å². The highest BCUT2D eigenvalue weighted by molar-refractivity contribution is 9.09. The molecule has 1 atom stereocenters.